The van der Waals surface area contributed by atoms with E-state index in [1.165, 1.54) is 0 Å². The van der Waals surface area contributed by atoms with Crippen molar-refractivity contribution < 1.29 is 13.7 Å². The summed E-state index contributed by atoms with van der Waals surface area (Å²) < 4.78 is 10.8. The zero-order valence-corrected chi connectivity index (χ0v) is 10.7. The molecule has 0 amide bonds. The zero-order valence-electron chi connectivity index (χ0n) is 10.7. The Morgan fingerprint density at radius 3 is 2.95 bits per heavy atom. The van der Waals surface area contributed by atoms with Crippen molar-refractivity contribution in [2.24, 2.45) is 5.92 Å². The Bertz CT molecular complexity index is 750. The molecule has 0 atom stereocenters. The molecule has 1 saturated carbocycles. The van der Waals surface area contributed by atoms with E-state index >= 15 is 0 Å². The van der Waals surface area contributed by atoms with Gasteiger partial charge >= 0.3 is 0 Å². The average Bonchev–Trinajstić information content (AvgIpc) is 3.06. The van der Waals surface area contributed by atoms with Crippen LogP contribution in [0.1, 0.15) is 18.7 Å². The Balaban J connectivity index is 1.61. The number of furan rings is 1. The summed E-state index contributed by atoms with van der Waals surface area (Å²) in [5.41, 5.74) is 0.780. The smallest absolute Gasteiger partial charge is 0.238 e. The van der Waals surface area contributed by atoms with Crippen LogP contribution in [0.25, 0.3) is 22.6 Å². The Morgan fingerprint density at radius 1 is 1.30 bits per heavy atom. The number of rotatable bonds is 4. The van der Waals surface area contributed by atoms with Crippen LogP contribution in [0.15, 0.2) is 39.3 Å². The first-order chi connectivity index (χ1) is 9.79. The predicted octanol–water partition coefficient (Wildman–Crippen LogP) is 3.00. The van der Waals surface area contributed by atoms with Crippen molar-refractivity contribution in [3.8, 4) is 11.6 Å². The molecule has 5 heteroatoms. The molecule has 20 heavy (non-hydrogen) atoms. The third-order valence-electron chi connectivity index (χ3n) is 3.47. The molecule has 1 aliphatic carbocycles. The van der Waals surface area contributed by atoms with E-state index in [0.29, 0.717) is 17.5 Å². The Kier molecular flexibility index (Phi) is 2.45. The van der Waals surface area contributed by atoms with E-state index in [1.807, 2.05) is 30.3 Å². The topological polar surface area (TPSA) is 69.1 Å². The predicted molar refractivity (Wildman–Crippen MR) is 70.9 cm³/mol. The van der Waals surface area contributed by atoms with Crippen molar-refractivity contribution in [1.82, 2.24) is 10.1 Å². The van der Waals surface area contributed by atoms with Crippen LogP contribution in [-0.4, -0.2) is 15.9 Å². The molecular weight excluding hydrogens is 256 g/mol. The number of Topliss-reactive ketones (excluding diaryl/α,β-unsaturated/α-hetero) is 1. The van der Waals surface area contributed by atoms with Crippen LogP contribution >= 0.6 is 0 Å². The number of fused-ring (bicyclic) bond motifs is 1. The number of hydrogen-bond acceptors (Lipinski definition) is 5. The maximum Gasteiger partial charge on any atom is 0.238 e. The number of para-hydroxylation sites is 1. The largest absolute Gasteiger partial charge is 0.453 e. The molecule has 0 N–H and O–H groups in total. The van der Waals surface area contributed by atoms with Crippen molar-refractivity contribution in [2.45, 2.75) is 19.3 Å². The molecule has 4 rings (SSSR count). The van der Waals surface area contributed by atoms with Crippen LogP contribution in [0, 0.1) is 5.92 Å². The molecule has 0 bridgehead atoms. The van der Waals surface area contributed by atoms with Gasteiger partial charge in [-0.1, -0.05) is 23.4 Å². The molecule has 1 fully saturated rings. The lowest BCUT2D eigenvalue weighted by Gasteiger charge is -1.90. The molecular formula is C15H12N2O3. The summed E-state index contributed by atoms with van der Waals surface area (Å²) >= 11 is 0. The molecule has 0 saturated heterocycles. The van der Waals surface area contributed by atoms with Crippen LogP contribution in [0.2, 0.25) is 0 Å². The molecule has 0 unspecified atom stereocenters. The quantitative estimate of drug-likeness (QED) is 0.727. The van der Waals surface area contributed by atoms with Crippen molar-refractivity contribution in [3.63, 3.8) is 0 Å². The minimum absolute atomic E-state index is 0.185. The second kappa shape index (κ2) is 4.30. The monoisotopic (exact) mass is 268 g/mol. The third-order valence-corrected chi connectivity index (χ3v) is 3.47. The zero-order chi connectivity index (χ0) is 13.5. The first kappa shape index (κ1) is 11.4. The number of carbonyl (C=O) groups is 1. The fraction of sp³-hybridized carbons (Fsp3) is 0.267. The molecule has 1 aromatic carbocycles. The summed E-state index contributed by atoms with van der Waals surface area (Å²) in [7, 11) is 0. The van der Waals surface area contributed by atoms with Crippen LogP contribution < -0.4 is 0 Å². The van der Waals surface area contributed by atoms with Gasteiger partial charge in [-0.05, 0) is 25.0 Å². The van der Waals surface area contributed by atoms with Crippen LogP contribution in [0.3, 0.4) is 0 Å². The Morgan fingerprint density at radius 2 is 2.15 bits per heavy atom. The van der Waals surface area contributed by atoms with E-state index in [4.69, 9.17) is 8.94 Å². The molecule has 100 valence electrons. The number of ketones is 1. The number of nitrogens with zero attached hydrogens (tertiary/aromatic N) is 2. The van der Waals surface area contributed by atoms with Gasteiger partial charge in [0.05, 0.1) is 6.42 Å². The van der Waals surface area contributed by atoms with Gasteiger partial charge in [0.2, 0.25) is 11.7 Å². The highest BCUT2D eigenvalue weighted by Crippen LogP contribution is 2.31. The van der Waals surface area contributed by atoms with Gasteiger partial charge in [-0.2, -0.15) is 4.98 Å². The highest BCUT2D eigenvalue weighted by Gasteiger charge is 2.30. The molecule has 1 aliphatic rings. The summed E-state index contributed by atoms with van der Waals surface area (Å²) in [4.78, 5) is 15.9. The molecule has 0 radical (unpaired) electrons. The standard InChI is InChI=1S/C15H12N2O3/c18-11(9-5-6-9)8-14-16-15(17-20-14)13-7-10-3-1-2-4-12(10)19-13/h1-4,7,9H,5-6,8H2. The lowest BCUT2D eigenvalue weighted by Crippen LogP contribution is -2.04. The molecule has 0 spiro atoms. The van der Waals surface area contributed by atoms with E-state index in [-0.39, 0.29) is 18.1 Å². The maximum atomic E-state index is 11.7. The van der Waals surface area contributed by atoms with Crippen LogP contribution in [0.4, 0.5) is 0 Å². The van der Waals surface area contributed by atoms with Gasteiger partial charge in [0, 0.05) is 11.3 Å². The van der Waals surface area contributed by atoms with Gasteiger partial charge in [-0.15, -0.1) is 0 Å². The number of hydrogen-bond donors (Lipinski definition) is 0. The van der Waals surface area contributed by atoms with E-state index in [1.54, 1.807) is 0 Å². The summed E-state index contributed by atoms with van der Waals surface area (Å²) in [6.07, 6.45) is 2.20. The van der Waals surface area contributed by atoms with Crippen molar-refractivity contribution in [2.75, 3.05) is 0 Å². The third kappa shape index (κ3) is 2.01. The first-order valence-corrected chi connectivity index (χ1v) is 6.64. The first-order valence-electron chi connectivity index (χ1n) is 6.64. The summed E-state index contributed by atoms with van der Waals surface area (Å²) in [6.45, 7) is 0. The second-order valence-electron chi connectivity index (χ2n) is 5.08. The molecule has 2 aromatic heterocycles. The fourth-order valence-corrected chi connectivity index (χ4v) is 2.22. The van der Waals surface area contributed by atoms with Gasteiger partial charge in [-0.25, -0.2) is 0 Å². The Labute approximate surface area is 114 Å². The second-order valence-corrected chi connectivity index (χ2v) is 5.08. The molecule has 0 aliphatic heterocycles. The van der Waals surface area contributed by atoms with Crippen molar-refractivity contribution >= 4 is 16.8 Å². The summed E-state index contributed by atoms with van der Waals surface area (Å²) in [6, 6.07) is 9.56. The normalized spacial score (nSPS) is 14.8. The van der Waals surface area contributed by atoms with Crippen LogP contribution in [-0.2, 0) is 11.2 Å². The highest BCUT2D eigenvalue weighted by molar-refractivity contribution is 5.84. The minimum Gasteiger partial charge on any atom is -0.453 e. The number of benzene rings is 1. The summed E-state index contributed by atoms with van der Waals surface area (Å²) in [5, 5.41) is 4.87. The number of carbonyl (C=O) groups excluding carboxylic acids is 1. The van der Waals surface area contributed by atoms with Gasteiger partial charge in [0.25, 0.3) is 0 Å². The highest BCUT2D eigenvalue weighted by atomic mass is 16.5. The molecule has 3 aromatic rings. The lowest BCUT2D eigenvalue weighted by atomic mass is 10.2. The van der Waals surface area contributed by atoms with E-state index in [9.17, 15) is 4.79 Å². The fourth-order valence-electron chi connectivity index (χ4n) is 2.22. The summed E-state index contributed by atoms with van der Waals surface area (Å²) in [5.74, 6) is 1.69. The lowest BCUT2D eigenvalue weighted by molar-refractivity contribution is -0.119. The van der Waals surface area contributed by atoms with Gasteiger partial charge in [0.1, 0.15) is 11.4 Å². The van der Waals surface area contributed by atoms with Crippen molar-refractivity contribution in [3.05, 3.63) is 36.2 Å². The molecule has 2 heterocycles. The van der Waals surface area contributed by atoms with Gasteiger partial charge in [0.15, 0.2) is 5.76 Å². The van der Waals surface area contributed by atoms with E-state index < -0.39 is 0 Å². The molecule has 5 nitrogen and oxygen atoms in total. The van der Waals surface area contributed by atoms with Gasteiger partial charge in [-0.3, -0.25) is 4.79 Å². The number of aromatic nitrogens is 2. The van der Waals surface area contributed by atoms with Crippen molar-refractivity contribution in [1.29, 1.82) is 0 Å². The van der Waals surface area contributed by atoms with Crippen LogP contribution in [0.5, 0.6) is 0 Å². The maximum absolute atomic E-state index is 11.7. The van der Waals surface area contributed by atoms with E-state index in [0.717, 1.165) is 23.8 Å². The van der Waals surface area contributed by atoms with E-state index in [2.05, 4.69) is 10.1 Å². The Hall–Kier alpha value is -2.43. The SMILES string of the molecule is O=C(Cc1nc(-c2cc3ccccc3o2)no1)C1CC1. The minimum atomic E-state index is 0.185. The average molecular weight is 268 g/mol. The van der Waals surface area contributed by atoms with Gasteiger partial charge < -0.3 is 8.94 Å².